The Morgan fingerprint density at radius 2 is 1.93 bits per heavy atom. The first-order valence-electron chi connectivity index (χ1n) is 10.2. The number of hydrogen-bond donors (Lipinski definition) is 2. The first-order valence-corrected chi connectivity index (χ1v) is 10.2. The van der Waals surface area contributed by atoms with Crippen molar-refractivity contribution in [2.75, 3.05) is 26.2 Å². The summed E-state index contributed by atoms with van der Waals surface area (Å²) in [7, 11) is 0. The van der Waals surface area contributed by atoms with Gasteiger partial charge in [-0.3, -0.25) is 14.5 Å². The lowest BCUT2D eigenvalue weighted by molar-refractivity contribution is -0.142. The third-order valence-electron chi connectivity index (χ3n) is 6.07. The van der Waals surface area contributed by atoms with Gasteiger partial charge >= 0.3 is 6.18 Å². The Morgan fingerprint density at radius 3 is 2.53 bits per heavy atom. The fourth-order valence-electron chi connectivity index (χ4n) is 4.25. The topological polar surface area (TPSA) is 72.9 Å². The molecule has 0 saturated carbocycles. The van der Waals surface area contributed by atoms with Crippen molar-refractivity contribution in [3.8, 4) is 0 Å². The number of nitrogens with one attached hydrogen (secondary N) is 1. The van der Waals surface area contributed by atoms with Crippen molar-refractivity contribution in [1.29, 1.82) is 0 Å². The molecule has 30 heavy (non-hydrogen) atoms. The van der Waals surface area contributed by atoms with Gasteiger partial charge in [0.1, 0.15) is 0 Å². The minimum Gasteiger partial charge on any atom is -0.385 e. The standard InChI is InChI=1S/C21H28F3N3O3/c1-14(2)27-11-8-25-19(29)17(27)13-18(28)26-9-6-20(30,7-10-26)15-4-3-5-16(12-15)21(22,23)24/h3-5,12,14,17,30H,6-11,13H2,1-2H3,(H,25,29)/t17-/m1/s1. The monoisotopic (exact) mass is 427 g/mol. The molecule has 3 rings (SSSR count). The van der Waals surface area contributed by atoms with Gasteiger partial charge in [-0.15, -0.1) is 0 Å². The zero-order valence-electron chi connectivity index (χ0n) is 17.2. The average Bonchev–Trinajstić information content (AvgIpc) is 2.69. The van der Waals surface area contributed by atoms with Gasteiger partial charge in [0.2, 0.25) is 11.8 Å². The zero-order valence-corrected chi connectivity index (χ0v) is 17.2. The number of benzene rings is 1. The van der Waals surface area contributed by atoms with E-state index in [-0.39, 0.29) is 55.8 Å². The lowest BCUT2D eigenvalue weighted by atomic mass is 9.83. The molecule has 1 atom stereocenters. The number of aliphatic hydroxyl groups is 1. The zero-order chi connectivity index (χ0) is 22.1. The van der Waals surface area contributed by atoms with Crippen molar-refractivity contribution < 1.29 is 27.9 Å². The van der Waals surface area contributed by atoms with Crippen LogP contribution in [-0.2, 0) is 21.4 Å². The molecular formula is C21H28F3N3O3. The number of carbonyl (C=O) groups excluding carboxylic acids is 2. The Labute approximate surface area is 174 Å². The van der Waals surface area contributed by atoms with E-state index in [0.29, 0.717) is 13.1 Å². The van der Waals surface area contributed by atoms with Gasteiger partial charge in [0.15, 0.2) is 0 Å². The summed E-state index contributed by atoms with van der Waals surface area (Å²) in [4.78, 5) is 28.7. The van der Waals surface area contributed by atoms with Crippen LogP contribution in [0, 0.1) is 0 Å². The third-order valence-corrected chi connectivity index (χ3v) is 6.07. The Hall–Kier alpha value is -2.13. The fraction of sp³-hybridized carbons (Fsp3) is 0.619. The van der Waals surface area contributed by atoms with Crippen LogP contribution in [0.2, 0.25) is 0 Å². The van der Waals surface area contributed by atoms with Gasteiger partial charge in [0.05, 0.1) is 23.6 Å². The first-order chi connectivity index (χ1) is 14.0. The first kappa shape index (κ1) is 22.6. The van der Waals surface area contributed by atoms with E-state index in [1.165, 1.54) is 12.1 Å². The second-order valence-corrected chi connectivity index (χ2v) is 8.33. The summed E-state index contributed by atoms with van der Waals surface area (Å²) in [5, 5.41) is 13.7. The number of amides is 2. The Bertz CT molecular complexity index is 789. The normalized spacial score (nSPS) is 22.8. The maximum absolute atomic E-state index is 13.0. The van der Waals surface area contributed by atoms with Crippen LogP contribution < -0.4 is 5.32 Å². The van der Waals surface area contributed by atoms with Crippen LogP contribution in [0.3, 0.4) is 0 Å². The number of piperazine rings is 1. The number of carbonyl (C=O) groups is 2. The highest BCUT2D eigenvalue weighted by Crippen LogP contribution is 2.37. The number of nitrogens with zero attached hydrogens (tertiary/aromatic N) is 2. The molecule has 2 N–H and O–H groups in total. The number of likely N-dealkylation sites (tertiary alicyclic amines) is 1. The molecule has 1 aromatic rings. The molecule has 1 aromatic carbocycles. The van der Waals surface area contributed by atoms with Gasteiger partial charge in [-0.1, -0.05) is 12.1 Å². The van der Waals surface area contributed by atoms with E-state index in [1.54, 1.807) is 4.90 Å². The average molecular weight is 427 g/mol. The highest BCUT2D eigenvalue weighted by atomic mass is 19.4. The number of hydrogen-bond acceptors (Lipinski definition) is 4. The number of rotatable bonds is 4. The van der Waals surface area contributed by atoms with Gasteiger partial charge in [-0.2, -0.15) is 13.2 Å². The minimum atomic E-state index is -4.48. The lowest BCUT2D eigenvalue weighted by Gasteiger charge is -2.41. The van der Waals surface area contributed by atoms with Crippen molar-refractivity contribution >= 4 is 11.8 Å². The van der Waals surface area contributed by atoms with E-state index in [0.717, 1.165) is 12.1 Å². The van der Waals surface area contributed by atoms with Crippen molar-refractivity contribution in [3.05, 3.63) is 35.4 Å². The molecule has 166 valence electrons. The molecule has 0 radical (unpaired) electrons. The van der Waals surface area contributed by atoms with Crippen LogP contribution in [-0.4, -0.2) is 65.0 Å². The van der Waals surface area contributed by atoms with Crippen LogP contribution >= 0.6 is 0 Å². The molecule has 9 heteroatoms. The van der Waals surface area contributed by atoms with Gasteiger partial charge < -0.3 is 15.3 Å². The third kappa shape index (κ3) is 4.78. The summed E-state index contributed by atoms with van der Waals surface area (Å²) in [5.41, 5.74) is -2.00. The molecule has 2 saturated heterocycles. The maximum atomic E-state index is 13.0. The van der Waals surface area contributed by atoms with Gasteiger partial charge in [0.25, 0.3) is 0 Å². The van der Waals surface area contributed by atoms with Gasteiger partial charge in [-0.05, 0) is 44.4 Å². The SMILES string of the molecule is CC(C)N1CCNC(=O)[C@H]1CC(=O)N1CCC(O)(c2cccc(C(F)(F)F)c2)CC1. The largest absolute Gasteiger partial charge is 0.416 e. The molecular weight excluding hydrogens is 399 g/mol. The molecule has 2 heterocycles. The molecule has 0 aliphatic carbocycles. The summed E-state index contributed by atoms with van der Waals surface area (Å²) in [6, 6.07) is 4.32. The smallest absolute Gasteiger partial charge is 0.385 e. The van der Waals surface area contributed by atoms with Crippen LogP contribution in [0.1, 0.15) is 44.2 Å². The Balaban J connectivity index is 1.65. The molecule has 2 aliphatic heterocycles. The summed E-state index contributed by atoms with van der Waals surface area (Å²) in [6.07, 6.45) is -4.15. The Kier molecular flexibility index (Phi) is 6.43. The van der Waals surface area contributed by atoms with E-state index < -0.39 is 23.4 Å². The van der Waals surface area contributed by atoms with Crippen LogP contribution in [0.25, 0.3) is 0 Å². The van der Waals surface area contributed by atoms with Crippen LogP contribution in [0.4, 0.5) is 13.2 Å². The lowest BCUT2D eigenvalue weighted by Crippen LogP contribution is -2.59. The summed E-state index contributed by atoms with van der Waals surface area (Å²) < 4.78 is 39.0. The molecule has 2 aliphatic rings. The summed E-state index contributed by atoms with van der Waals surface area (Å²) in [6.45, 7) is 5.63. The van der Waals surface area contributed by atoms with E-state index in [9.17, 15) is 27.9 Å². The molecule has 2 amide bonds. The van der Waals surface area contributed by atoms with Crippen molar-refractivity contribution in [1.82, 2.24) is 15.1 Å². The van der Waals surface area contributed by atoms with Crippen molar-refractivity contribution in [2.24, 2.45) is 0 Å². The number of halogens is 3. The van der Waals surface area contributed by atoms with Crippen molar-refractivity contribution in [3.63, 3.8) is 0 Å². The predicted octanol–water partition coefficient (Wildman–Crippen LogP) is 2.11. The highest BCUT2D eigenvalue weighted by molar-refractivity contribution is 5.89. The van der Waals surface area contributed by atoms with Crippen LogP contribution in [0.5, 0.6) is 0 Å². The fourth-order valence-corrected chi connectivity index (χ4v) is 4.25. The van der Waals surface area contributed by atoms with Crippen molar-refractivity contribution in [2.45, 2.75) is 57.0 Å². The highest BCUT2D eigenvalue weighted by Gasteiger charge is 2.39. The second-order valence-electron chi connectivity index (χ2n) is 8.33. The molecule has 6 nitrogen and oxygen atoms in total. The minimum absolute atomic E-state index is 0.0476. The van der Waals surface area contributed by atoms with Gasteiger partial charge in [0, 0.05) is 32.2 Å². The molecule has 2 fully saturated rings. The number of alkyl halides is 3. The predicted molar refractivity (Wildman–Crippen MR) is 104 cm³/mol. The maximum Gasteiger partial charge on any atom is 0.416 e. The van der Waals surface area contributed by atoms with E-state index in [2.05, 4.69) is 5.32 Å². The molecule has 0 spiro atoms. The quantitative estimate of drug-likeness (QED) is 0.772. The Morgan fingerprint density at radius 1 is 1.27 bits per heavy atom. The van der Waals surface area contributed by atoms with Gasteiger partial charge in [-0.25, -0.2) is 0 Å². The molecule has 0 aromatic heterocycles. The number of piperidine rings is 1. The van der Waals surface area contributed by atoms with E-state index in [1.807, 2.05) is 18.7 Å². The molecule has 0 unspecified atom stereocenters. The summed E-state index contributed by atoms with van der Waals surface area (Å²) in [5.74, 6) is -0.352. The summed E-state index contributed by atoms with van der Waals surface area (Å²) >= 11 is 0. The van der Waals surface area contributed by atoms with Crippen LogP contribution in [0.15, 0.2) is 24.3 Å². The van der Waals surface area contributed by atoms with E-state index >= 15 is 0 Å². The second kappa shape index (κ2) is 8.55. The molecule has 0 bridgehead atoms. The van der Waals surface area contributed by atoms with E-state index in [4.69, 9.17) is 0 Å².